The van der Waals surface area contributed by atoms with Gasteiger partial charge in [0.05, 0.1) is 0 Å². The number of halogens is 1. The van der Waals surface area contributed by atoms with Gasteiger partial charge in [0.15, 0.2) is 0 Å². The third-order valence-electron chi connectivity index (χ3n) is 2.22. The highest BCUT2D eigenvalue weighted by molar-refractivity contribution is 6.30. The van der Waals surface area contributed by atoms with Crippen LogP contribution in [0.25, 0.3) is 0 Å². The Morgan fingerprint density at radius 2 is 2.25 bits per heavy atom. The third-order valence-corrected chi connectivity index (χ3v) is 2.44. The molecule has 0 N–H and O–H groups in total. The predicted octanol–water partition coefficient (Wildman–Crippen LogP) is 3.17. The molecule has 0 atom stereocenters. The number of aryl methyl sites for hydroxylation is 1. The van der Waals surface area contributed by atoms with E-state index in [4.69, 9.17) is 11.6 Å². The second-order valence-electron chi connectivity index (χ2n) is 3.33. The highest BCUT2D eigenvalue weighted by atomic mass is 35.5. The van der Waals surface area contributed by atoms with Gasteiger partial charge in [-0.15, -0.1) is 0 Å². The Morgan fingerprint density at radius 1 is 1.50 bits per heavy atom. The van der Waals surface area contributed by atoms with Crippen molar-refractivity contribution in [3.63, 3.8) is 0 Å². The minimum Gasteiger partial charge on any atom is -0.258 e. The van der Waals surface area contributed by atoms with Crippen LogP contribution in [0, 0.1) is 0 Å². The third kappa shape index (κ3) is 1.61. The first-order valence-electron chi connectivity index (χ1n) is 4.46. The van der Waals surface area contributed by atoms with E-state index in [1.165, 1.54) is 18.5 Å². The van der Waals surface area contributed by atoms with Gasteiger partial charge in [0.2, 0.25) is 0 Å². The van der Waals surface area contributed by atoms with Crippen LogP contribution in [-0.2, 0) is 6.42 Å². The first-order valence-corrected chi connectivity index (χ1v) is 4.83. The van der Waals surface area contributed by atoms with Gasteiger partial charge in [-0.1, -0.05) is 18.5 Å². The molecule has 2 rings (SSSR count). The van der Waals surface area contributed by atoms with Crippen molar-refractivity contribution in [1.29, 1.82) is 0 Å². The van der Waals surface area contributed by atoms with Gasteiger partial charge in [0, 0.05) is 22.3 Å². The number of aromatic nitrogens is 1. The predicted molar refractivity (Wildman–Crippen MR) is 50.6 cm³/mol. The van der Waals surface area contributed by atoms with Crippen LogP contribution in [0.1, 0.15) is 37.1 Å². The van der Waals surface area contributed by atoms with Gasteiger partial charge in [0.25, 0.3) is 0 Å². The first-order chi connectivity index (χ1) is 5.79. The van der Waals surface area contributed by atoms with Crippen LogP contribution in [0.3, 0.4) is 0 Å². The van der Waals surface area contributed by atoms with Gasteiger partial charge in [-0.2, -0.15) is 0 Å². The zero-order valence-corrected chi connectivity index (χ0v) is 7.93. The van der Waals surface area contributed by atoms with Crippen LogP contribution in [-0.4, -0.2) is 4.98 Å². The van der Waals surface area contributed by atoms with E-state index in [1.54, 1.807) is 0 Å². The highest BCUT2D eigenvalue weighted by Gasteiger charge is 2.25. The second-order valence-corrected chi connectivity index (χ2v) is 3.77. The van der Waals surface area contributed by atoms with Crippen LogP contribution >= 0.6 is 11.6 Å². The minimum atomic E-state index is 0.703. The number of rotatable bonds is 2. The lowest BCUT2D eigenvalue weighted by Gasteiger charge is -2.01. The average Bonchev–Trinajstić information content (AvgIpc) is 2.85. The molecular weight excluding hydrogens is 170 g/mol. The average molecular weight is 182 g/mol. The van der Waals surface area contributed by atoms with E-state index in [2.05, 4.69) is 11.9 Å². The molecule has 64 valence electrons. The maximum Gasteiger partial charge on any atom is 0.0452 e. The van der Waals surface area contributed by atoms with Crippen molar-refractivity contribution < 1.29 is 0 Å². The molecule has 0 spiro atoms. The summed E-state index contributed by atoms with van der Waals surface area (Å²) >= 11 is 5.96. The summed E-state index contributed by atoms with van der Waals surface area (Å²) in [6, 6.07) is 3.95. The Kier molecular flexibility index (Phi) is 2.05. The molecule has 1 aliphatic carbocycles. The normalized spacial score (nSPS) is 16.5. The van der Waals surface area contributed by atoms with Gasteiger partial charge in [0.1, 0.15) is 0 Å². The number of hydrogen-bond donors (Lipinski definition) is 0. The Labute approximate surface area is 77.8 Å². The van der Waals surface area contributed by atoms with E-state index in [-0.39, 0.29) is 0 Å². The summed E-state index contributed by atoms with van der Waals surface area (Å²) in [4.78, 5) is 4.53. The SMILES string of the molecule is CCc1cc(Cl)cc(C2CC2)n1. The lowest BCUT2D eigenvalue weighted by molar-refractivity contribution is 0.947. The van der Waals surface area contributed by atoms with Crippen LogP contribution < -0.4 is 0 Å². The molecule has 0 unspecified atom stereocenters. The molecule has 12 heavy (non-hydrogen) atoms. The van der Waals surface area contributed by atoms with Gasteiger partial charge >= 0.3 is 0 Å². The Morgan fingerprint density at radius 3 is 2.83 bits per heavy atom. The van der Waals surface area contributed by atoms with Gasteiger partial charge in [-0.25, -0.2) is 0 Å². The van der Waals surface area contributed by atoms with Crippen molar-refractivity contribution in [2.75, 3.05) is 0 Å². The smallest absolute Gasteiger partial charge is 0.0452 e. The molecule has 2 heteroatoms. The monoisotopic (exact) mass is 181 g/mol. The fourth-order valence-corrected chi connectivity index (χ4v) is 1.58. The molecule has 1 fully saturated rings. The molecule has 0 radical (unpaired) electrons. The fraction of sp³-hybridized carbons (Fsp3) is 0.500. The van der Waals surface area contributed by atoms with Crippen molar-refractivity contribution in [1.82, 2.24) is 4.98 Å². The zero-order valence-electron chi connectivity index (χ0n) is 7.18. The molecule has 1 nitrogen and oxygen atoms in total. The number of pyridine rings is 1. The summed E-state index contributed by atoms with van der Waals surface area (Å²) in [6.45, 7) is 2.11. The van der Waals surface area contributed by atoms with Crippen LogP contribution in [0.2, 0.25) is 5.02 Å². The van der Waals surface area contributed by atoms with Gasteiger partial charge in [-0.3, -0.25) is 4.98 Å². The van der Waals surface area contributed by atoms with Crippen LogP contribution in [0.15, 0.2) is 12.1 Å². The van der Waals surface area contributed by atoms with Gasteiger partial charge in [-0.05, 0) is 31.4 Å². The number of hydrogen-bond acceptors (Lipinski definition) is 1. The molecule has 1 heterocycles. The molecule has 1 aliphatic rings. The highest BCUT2D eigenvalue weighted by Crippen LogP contribution is 2.39. The summed E-state index contributed by atoms with van der Waals surface area (Å²) in [5, 5.41) is 0.837. The summed E-state index contributed by atoms with van der Waals surface area (Å²) in [5.41, 5.74) is 2.31. The molecule has 0 amide bonds. The van der Waals surface area contributed by atoms with E-state index in [1.807, 2.05) is 12.1 Å². The summed E-state index contributed by atoms with van der Waals surface area (Å²) < 4.78 is 0. The van der Waals surface area contributed by atoms with Crippen LogP contribution in [0.4, 0.5) is 0 Å². The van der Waals surface area contributed by atoms with Crippen molar-refractivity contribution in [2.24, 2.45) is 0 Å². The van der Waals surface area contributed by atoms with Crippen LogP contribution in [0.5, 0.6) is 0 Å². The Hall–Kier alpha value is -0.560. The minimum absolute atomic E-state index is 0.703. The molecule has 0 aromatic carbocycles. The van der Waals surface area contributed by atoms with Crippen molar-refractivity contribution in [3.8, 4) is 0 Å². The Bertz CT molecular complexity index is 292. The summed E-state index contributed by atoms with van der Waals surface area (Å²) in [5.74, 6) is 0.703. The lowest BCUT2D eigenvalue weighted by atomic mass is 10.2. The first kappa shape index (κ1) is 8.06. The molecule has 1 saturated carbocycles. The second kappa shape index (κ2) is 3.06. The summed E-state index contributed by atoms with van der Waals surface area (Å²) in [7, 11) is 0. The quantitative estimate of drug-likeness (QED) is 0.683. The number of nitrogens with zero attached hydrogens (tertiary/aromatic N) is 1. The van der Waals surface area contributed by atoms with E-state index < -0.39 is 0 Å². The molecular formula is C10H12ClN. The fourth-order valence-electron chi connectivity index (χ4n) is 1.34. The van der Waals surface area contributed by atoms with E-state index in [0.29, 0.717) is 5.92 Å². The van der Waals surface area contributed by atoms with Gasteiger partial charge < -0.3 is 0 Å². The van der Waals surface area contributed by atoms with E-state index >= 15 is 0 Å². The Balaban J connectivity index is 2.34. The largest absolute Gasteiger partial charge is 0.258 e. The van der Waals surface area contributed by atoms with E-state index in [9.17, 15) is 0 Å². The zero-order chi connectivity index (χ0) is 8.55. The molecule has 0 bridgehead atoms. The van der Waals surface area contributed by atoms with Crippen molar-refractivity contribution in [3.05, 3.63) is 28.5 Å². The maximum atomic E-state index is 5.96. The van der Waals surface area contributed by atoms with Crippen molar-refractivity contribution in [2.45, 2.75) is 32.1 Å². The maximum absolute atomic E-state index is 5.96. The van der Waals surface area contributed by atoms with E-state index in [0.717, 1.165) is 17.1 Å². The topological polar surface area (TPSA) is 12.9 Å². The molecule has 1 aromatic heterocycles. The lowest BCUT2D eigenvalue weighted by Crippen LogP contribution is -1.92. The van der Waals surface area contributed by atoms with Crippen molar-refractivity contribution >= 4 is 11.6 Å². The summed E-state index contributed by atoms with van der Waals surface area (Å²) in [6.07, 6.45) is 3.55. The standard InChI is InChI=1S/C10H12ClN/c1-2-9-5-8(11)6-10(12-9)7-3-4-7/h5-7H,2-4H2,1H3. The molecule has 1 aromatic rings. The molecule has 0 aliphatic heterocycles. The molecule has 0 saturated heterocycles.